The van der Waals surface area contributed by atoms with E-state index in [1.54, 1.807) is 0 Å². The van der Waals surface area contributed by atoms with E-state index >= 15 is 0 Å². The Balaban J connectivity index is 3.13. The van der Waals surface area contributed by atoms with Gasteiger partial charge in [0, 0.05) is 0 Å². The van der Waals surface area contributed by atoms with Crippen molar-refractivity contribution in [2.45, 2.75) is 13.2 Å². The molecule has 0 aliphatic rings. The fraction of sp³-hybridized carbons (Fsp3) is 0.500. The molecule has 0 heterocycles. The second-order valence-corrected chi connectivity index (χ2v) is 1.27. The quantitative estimate of drug-likeness (QED) is 0.339. The molecule has 0 saturated carbocycles. The van der Waals surface area contributed by atoms with Gasteiger partial charge in [0.05, 0.1) is 0 Å². The van der Waals surface area contributed by atoms with Crippen molar-refractivity contribution in [3.63, 3.8) is 0 Å². The predicted octanol–water partition coefficient (Wildman–Crippen LogP) is -0.0565. The van der Waals surface area contributed by atoms with E-state index in [1.807, 2.05) is 0 Å². The highest BCUT2D eigenvalue weighted by Gasteiger charge is 1.89. The maximum atomic E-state index is 8.39. The fourth-order valence-electron chi connectivity index (χ4n) is 0.241. The summed E-state index contributed by atoms with van der Waals surface area (Å²) in [5, 5.41) is 18.9. The lowest BCUT2D eigenvalue weighted by atomic mass is 10.6. The molecule has 0 aliphatic carbocycles. The van der Waals surface area contributed by atoms with E-state index in [9.17, 15) is 0 Å². The maximum absolute atomic E-state index is 8.39. The van der Waals surface area contributed by atoms with E-state index in [4.69, 9.17) is 10.2 Å². The van der Waals surface area contributed by atoms with Crippen LogP contribution < -0.4 is 5.32 Å². The molecule has 0 fully saturated rings. The molecule has 1 atom stereocenters. The average molecular weight is 103 g/mol. The molecule has 0 bridgehead atoms. The molecule has 0 aromatic heterocycles. The summed E-state index contributed by atoms with van der Waals surface area (Å²) in [7, 11) is 0. The third-order valence-electron chi connectivity index (χ3n) is 0.375. The van der Waals surface area contributed by atoms with Crippen LogP contribution in [-0.4, -0.2) is 16.4 Å². The molecular weight excluding hydrogens is 94.0 g/mol. The zero-order chi connectivity index (χ0) is 5.86. The normalized spacial score (nSPS) is 12.9. The third-order valence-corrected chi connectivity index (χ3v) is 0.375. The standard InChI is InChI=1S/C4H9NO2/c1-3(6)5-4(2)7/h4-7H,1H2,2H3. The lowest BCUT2D eigenvalue weighted by molar-refractivity contribution is 0.147. The van der Waals surface area contributed by atoms with Crippen LogP contribution in [0.15, 0.2) is 12.5 Å². The topological polar surface area (TPSA) is 52.5 Å². The Bertz CT molecular complexity index is 70.1. The molecule has 3 nitrogen and oxygen atoms in total. The van der Waals surface area contributed by atoms with Crippen molar-refractivity contribution >= 4 is 0 Å². The Kier molecular flexibility index (Phi) is 2.22. The van der Waals surface area contributed by atoms with E-state index in [1.165, 1.54) is 6.92 Å². The minimum absolute atomic E-state index is 0.213. The molecule has 1 unspecified atom stereocenters. The molecule has 0 aromatic rings. The van der Waals surface area contributed by atoms with Crippen LogP contribution in [0.1, 0.15) is 6.92 Å². The Morgan fingerprint density at radius 2 is 2.29 bits per heavy atom. The van der Waals surface area contributed by atoms with Gasteiger partial charge in [-0.05, 0) is 13.5 Å². The van der Waals surface area contributed by atoms with Gasteiger partial charge >= 0.3 is 0 Å². The zero-order valence-electron chi connectivity index (χ0n) is 4.18. The molecule has 0 saturated heterocycles. The van der Waals surface area contributed by atoms with E-state index in [0.717, 1.165) is 0 Å². The molecule has 0 aromatic carbocycles. The van der Waals surface area contributed by atoms with Gasteiger partial charge in [-0.2, -0.15) is 0 Å². The monoisotopic (exact) mass is 103 g/mol. The zero-order valence-corrected chi connectivity index (χ0v) is 4.18. The number of aliphatic hydroxyl groups excluding tert-OH is 2. The van der Waals surface area contributed by atoms with Gasteiger partial charge in [0.2, 0.25) is 0 Å². The largest absolute Gasteiger partial charge is 0.495 e. The van der Waals surface area contributed by atoms with E-state index in [0.29, 0.717) is 0 Å². The fourth-order valence-corrected chi connectivity index (χ4v) is 0.241. The Hall–Kier alpha value is -0.700. The summed E-state index contributed by atoms with van der Waals surface area (Å²) in [5.74, 6) is -0.213. The van der Waals surface area contributed by atoms with Gasteiger partial charge < -0.3 is 15.5 Å². The van der Waals surface area contributed by atoms with E-state index < -0.39 is 6.23 Å². The molecule has 0 spiro atoms. The number of hydrogen-bond acceptors (Lipinski definition) is 3. The smallest absolute Gasteiger partial charge is 0.178 e. The number of rotatable bonds is 2. The average Bonchev–Trinajstić information content (AvgIpc) is 1.27. The van der Waals surface area contributed by atoms with Crippen molar-refractivity contribution < 1.29 is 10.2 Å². The van der Waals surface area contributed by atoms with Crippen molar-refractivity contribution in [2.75, 3.05) is 0 Å². The van der Waals surface area contributed by atoms with Crippen LogP contribution in [0.5, 0.6) is 0 Å². The van der Waals surface area contributed by atoms with E-state index in [2.05, 4.69) is 11.9 Å². The Morgan fingerprint density at radius 1 is 1.86 bits per heavy atom. The predicted molar refractivity (Wildman–Crippen MR) is 26.6 cm³/mol. The van der Waals surface area contributed by atoms with Gasteiger partial charge in [-0.3, -0.25) is 0 Å². The molecular formula is C4H9NO2. The van der Waals surface area contributed by atoms with Gasteiger partial charge in [0.25, 0.3) is 0 Å². The number of nitrogens with one attached hydrogen (secondary N) is 1. The lowest BCUT2D eigenvalue weighted by Gasteiger charge is -2.03. The van der Waals surface area contributed by atoms with Crippen molar-refractivity contribution in [1.82, 2.24) is 5.32 Å². The summed E-state index contributed by atoms with van der Waals surface area (Å²) in [6.07, 6.45) is -0.725. The van der Waals surface area contributed by atoms with Crippen LogP contribution in [0.25, 0.3) is 0 Å². The molecule has 0 rings (SSSR count). The van der Waals surface area contributed by atoms with Crippen molar-refractivity contribution in [3.8, 4) is 0 Å². The summed E-state index contributed by atoms with van der Waals surface area (Å²) in [5.41, 5.74) is 0. The van der Waals surface area contributed by atoms with Crippen LogP contribution >= 0.6 is 0 Å². The van der Waals surface area contributed by atoms with Crippen molar-refractivity contribution in [3.05, 3.63) is 12.5 Å². The first-order chi connectivity index (χ1) is 3.13. The minimum Gasteiger partial charge on any atom is -0.495 e. The first kappa shape index (κ1) is 6.30. The summed E-state index contributed by atoms with van der Waals surface area (Å²) in [6.45, 7) is 4.57. The molecule has 0 amide bonds. The first-order valence-corrected chi connectivity index (χ1v) is 1.95. The molecule has 0 aliphatic heterocycles. The van der Waals surface area contributed by atoms with Crippen molar-refractivity contribution in [1.29, 1.82) is 0 Å². The van der Waals surface area contributed by atoms with Gasteiger partial charge in [0.1, 0.15) is 6.23 Å². The Morgan fingerprint density at radius 3 is 2.29 bits per heavy atom. The molecule has 42 valence electrons. The second kappa shape index (κ2) is 2.47. The van der Waals surface area contributed by atoms with Crippen LogP contribution in [-0.2, 0) is 0 Å². The highest BCUT2D eigenvalue weighted by atomic mass is 16.3. The van der Waals surface area contributed by atoms with E-state index in [-0.39, 0.29) is 5.88 Å². The van der Waals surface area contributed by atoms with Crippen molar-refractivity contribution in [2.24, 2.45) is 0 Å². The molecule has 3 heteroatoms. The maximum Gasteiger partial charge on any atom is 0.178 e. The summed E-state index contributed by atoms with van der Waals surface area (Å²) in [4.78, 5) is 0. The van der Waals surface area contributed by atoms with Gasteiger partial charge in [-0.1, -0.05) is 0 Å². The SMILES string of the molecule is C=C(O)NC(C)O. The number of aliphatic hydroxyl groups is 2. The van der Waals surface area contributed by atoms with Gasteiger partial charge in [0.15, 0.2) is 5.88 Å². The number of hydrogen-bond donors (Lipinski definition) is 3. The summed E-state index contributed by atoms with van der Waals surface area (Å²) < 4.78 is 0. The Labute approximate surface area is 42.3 Å². The summed E-state index contributed by atoms with van der Waals surface area (Å²) in [6, 6.07) is 0. The minimum atomic E-state index is -0.725. The summed E-state index contributed by atoms with van der Waals surface area (Å²) >= 11 is 0. The highest BCUT2D eigenvalue weighted by Crippen LogP contribution is 1.75. The van der Waals surface area contributed by atoms with Crippen LogP contribution in [0.2, 0.25) is 0 Å². The third kappa shape index (κ3) is 5.30. The lowest BCUT2D eigenvalue weighted by Crippen LogP contribution is -2.23. The molecule has 0 radical (unpaired) electrons. The first-order valence-electron chi connectivity index (χ1n) is 1.95. The molecule has 3 N–H and O–H groups in total. The van der Waals surface area contributed by atoms with Crippen LogP contribution in [0.4, 0.5) is 0 Å². The highest BCUT2D eigenvalue weighted by molar-refractivity contribution is 4.74. The van der Waals surface area contributed by atoms with Crippen LogP contribution in [0, 0.1) is 0 Å². The second-order valence-electron chi connectivity index (χ2n) is 1.27. The van der Waals surface area contributed by atoms with Gasteiger partial charge in [-0.15, -0.1) is 0 Å². The molecule has 7 heavy (non-hydrogen) atoms. The van der Waals surface area contributed by atoms with Gasteiger partial charge in [-0.25, -0.2) is 0 Å². The van der Waals surface area contributed by atoms with Crippen LogP contribution in [0.3, 0.4) is 0 Å².